The van der Waals surface area contributed by atoms with Crippen molar-refractivity contribution in [1.29, 1.82) is 0 Å². The Bertz CT molecular complexity index is 780. The maximum absolute atomic E-state index is 12.2. The lowest BCUT2D eigenvalue weighted by molar-refractivity contribution is -0.115. The van der Waals surface area contributed by atoms with Crippen LogP contribution in [0.4, 0.5) is 5.88 Å². The monoisotopic (exact) mass is 308 g/mol. The molecule has 0 fully saturated rings. The minimum absolute atomic E-state index is 0.163. The number of nitrogens with one attached hydrogen (secondary N) is 1. The number of carbonyl (C=O) groups excluding carboxylic acids is 1. The first-order valence-electron chi connectivity index (χ1n) is 7.19. The summed E-state index contributed by atoms with van der Waals surface area (Å²) in [5.41, 5.74) is 2.59. The minimum atomic E-state index is -0.163. The number of hydrogen-bond donors (Lipinski definition) is 1. The highest BCUT2D eigenvalue weighted by Gasteiger charge is 2.13. The Balaban J connectivity index is 1.70. The second kappa shape index (κ2) is 6.79. The summed E-state index contributed by atoms with van der Waals surface area (Å²) >= 11 is 0. The molecule has 0 atom stereocenters. The van der Waals surface area contributed by atoms with Crippen LogP contribution >= 0.6 is 0 Å². The van der Waals surface area contributed by atoms with Gasteiger partial charge in [-0.05, 0) is 23.3 Å². The van der Waals surface area contributed by atoms with E-state index in [1.165, 1.54) is 0 Å². The molecule has 23 heavy (non-hydrogen) atoms. The molecule has 1 aromatic heterocycles. The zero-order valence-electron chi connectivity index (χ0n) is 12.7. The van der Waals surface area contributed by atoms with E-state index in [2.05, 4.69) is 10.5 Å². The largest absolute Gasteiger partial charge is 0.497 e. The van der Waals surface area contributed by atoms with Crippen LogP contribution in [0.25, 0.3) is 11.1 Å². The maximum Gasteiger partial charge on any atom is 0.239 e. The number of aromatic nitrogens is 1. The fourth-order valence-electron chi connectivity index (χ4n) is 2.25. The molecule has 0 unspecified atom stereocenters. The molecule has 5 heteroatoms. The molecule has 0 saturated heterocycles. The quantitative estimate of drug-likeness (QED) is 0.783. The van der Waals surface area contributed by atoms with Gasteiger partial charge in [-0.1, -0.05) is 47.6 Å². The van der Waals surface area contributed by atoms with E-state index in [1.54, 1.807) is 13.3 Å². The highest BCUT2D eigenvalue weighted by Crippen LogP contribution is 2.27. The highest BCUT2D eigenvalue weighted by molar-refractivity contribution is 5.94. The van der Waals surface area contributed by atoms with Gasteiger partial charge in [0, 0.05) is 0 Å². The van der Waals surface area contributed by atoms with E-state index < -0.39 is 0 Å². The van der Waals surface area contributed by atoms with Gasteiger partial charge in [0.05, 0.1) is 25.3 Å². The molecule has 116 valence electrons. The van der Waals surface area contributed by atoms with Crippen LogP contribution in [0.1, 0.15) is 5.56 Å². The Kier molecular flexibility index (Phi) is 4.38. The van der Waals surface area contributed by atoms with Crippen molar-refractivity contribution < 1.29 is 14.1 Å². The van der Waals surface area contributed by atoms with Crippen molar-refractivity contribution in [2.24, 2.45) is 0 Å². The third kappa shape index (κ3) is 3.58. The first-order chi connectivity index (χ1) is 11.3. The van der Waals surface area contributed by atoms with E-state index in [0.717, 1.165) is 22.4 Å². The summed E-state index contributed by atoms with van der Waals surface area (Å²) in [5.74, 6) is 0.953. The van der Waals surface area contributed by atoms with E-state index in [4.69, 9.17) is 9.26 Å². The molecule has 1 heterocycles. The van der Waals surface area contributed by atoms with Gasteiger partial charge in [0.1, 0.15) is 5.75 Å². The fraction of sp³-hybridized carbons (Fsp3) is 0.111. The second-order valence-corrected chi connectivity index (χ2v) is 5.01. The van der Waals surface area contributed by atoms with Gasteiger partial charge in [-0.15, -0.1) is 0 Å². The van der Waals surface area contributed by atoms with Crippen LogP contribution in [-0.2, 0) is 11.2 Å². The molecule has 0 radical (unpaired) electrons. The van der Waals surface area contributed by atoms with Crippen LogP contribution in [-0.4, -0.2) is 18.2 Å². The van der Waals surface area contributed by atoms with Gasteiger partial charge in [0.2, 0.25) is 11.8 Å². The summed E-state index contributed by atoms with van der Waals surface area (Å²) in [4.78, 5) is 12.2. The number of carbonyl (C=O) groups is 1. The smallest absolute Gasteiger partial charge is 0.239 e. The molecule has 0 bridgehead atoms. The molecule has 5 nitrogen and oxygen atoms in total. The summed E-state index contributed by atoms with van der Waals surface area (Å²) in [6.45, 7) is 0. The molecular formula is C18H16N2O3. The third-order valence-corrected chi connectivity index (χ3v) is 3.43. The zero-order valence-corrected chi connectivity index (χ0v) is 12.7. The molecule has 0 aliphatic heterocycles. The van der Waals surface area contributed by atoms with Crippen molar-refractivity contribution in [1.82, 2.24) is 5.16 Å². The van der Waals surface area contributed by atoms with Crippen molar-refractivity contribution in [3.63, 3.8) is 0 Å². The second-order valence-electron chi connectivity index (χ2n) is 5.01. The van der Waals surface area contributed by atoms with Gasteiger partial charge >= 0.3 is 0 Å². The predicted molar refractivity (Wildman–Crippen MR) is 87.3 cm³/mol. The van der Waals surface area contributed by atoms with Crippen molar-refractivity contribution in [2.45, 2.75) is 6.42 Å². The number of methoxy groups -OCH3 is 1. The number of hydrogen-bond acceptors (Lipinski definition) is 4. The SMILES string of the molecule is COc1ccc(CC(=O)Nc2oncc2-c2ccccc2)cc1. The van der Waals surface area contributed by atoms with Gasteiger partial charge in [-0.25, -0.2) is 0 Å². The number of anilines is 1. The van der Waals surface area contributed by atoms with Crippen LogP contribution < -0.4 is 10.1 Å². The average molecular weight is 308 g/mol. The van der Waals surface area contributed by atoms with Crippen LogP contribution in [0.5, 0.6) is 5.75 Å². The van der Waals surface area contributed by atoms with E-state index in [-0.39, 0.29) is 12.3 Å². The Labute approximate surface area is 133 Å². The Morgan fingerprint density at radius 1 is 1.13 bits per heavy atom. The molecule has 3 rings (SSSR count). The standard InChI is InChI=1S/C18H16N2O3/c1-22-15-9-7-13(8-10-15)11-17(21)20-18-16(12-19-23-18)14-5-3-2-4-6-14/h2-10,12H,11H2,1H3,(H,20,21). The summed E-state index contributed by atoms with van der Waals surface area (Å²) < 4.78 is 10.3. The van der Waals surface area contributed by atoms with E-state index in [0.29, 0.717) is 5.88 Å². The Morgan fingerprint density at radius 2 is 1.87 bits per heavy atom. The summed E-state index contributed by atoms with van der Waals surface area (Å²) in [6.07, 6.45) is 1.84. The summed E-state index contributed by atoms with van der Waals surface area (Å²) in [6, 6.07) is 17.0. The number of ether oxygens (including phenoxy) is 1. The van der Waals surface area contributed by atoms with E-state index in [1.807, 2.05) is 54.6 Å². The van der Waals surface area contributed by atoms with Gasteiger partial charge in [-0.3, -0.25) is 10.1 Å². The topological polar surface area (TPSA) is 64.4 Å². The van der Waals surface area contributed by atoms with Crippen LogP contribution in [0.3, 0.4) is 0 Å². The number of amides is 1. The lowest BCUT2D eigenvalue weighted by Gasteiger charge is -2.05. The van der Waals surface area contributed by atoms with Gasteiger partial charge in [0.25, 0.3) is 0 Å². The lowest BCUT2D eigenvalue weighted by Crippen LogP contribution is -2.14. The highest BCUT2D eigenvalue weighted by atomic mass is 16.5. The normalized spacial score (nSPS) is 10.3. The minimum Gasteiger partial charge on any atom is -0.497 e. The molecule has 3 aromatic rings. The molecular weight excluding hydrogens is 292 g/mol. The summed E-state index contributed by atoms with van der Waals surface area (Å²) in [5, 5.41) is 6.54. The zero-order chi connectivity index (χ0) is 16.1. The Hall–Kier alpha value is -3.08. The van der Waals surface area contributed by atoms with Gasteiger partial charge in [-0.2, -0.15) is 0 Å². The van der Waals surface area contributed by atoms with Crippen molar-refractivity contribution in [3.05, 3.63) is 66.4 Å². The van der Waals surface area contributed by atoms with Crippen LogP contribution in [0.15, 0.2) is 65.3 Å². The molecule has 2 aromatic carbocycles. The van der Waals surface area contributed by atoms with Crippen molar-refractivity contribution >= 4 is 11.8 Å². The van der Waals surface area contributed by atoms with Crippen LogP contribution in [0, 0.1) is 0 Å². The van der Waals surface area contributed by atoms with E-state index in [9.17, 15) is 4.79 Å². The number of nitrogens with zero attached hydrogens (tertiary/aromatic N) is 1. The van der Waals surface area contributed by atoms with Gasteiger partial charge < -0.3 is 9.26 Å². The van der Waals surface area contributed by atoms with Gasteiger partial charge in [0.15, 0.2) is 0 Å². The fourth-order valence-corrected chi connectivity index (χ4v) is 2.25. The predicted octanol–water partition coefficient (Wildman–Crippen LogP) is 3.53. The first kappa shape index (κ1) is 14.8. The van der Waals surface area contributed by atoms with Crippen molar-refractivity contribution in [3.8, 4) is 16.9 Å². The van der Waals surface area contributed by atoms with Crippen molar-refractivity contribution in [2.75, 3.05) is 12.4 Å². The molecule has 0 aliphatic rings. The third-order valence-electron chi connectivity index (χ3n) is 3.43. The number of rotatable bonds is 5. The summed E-state index contributed by atoms with van der Waals surface area (Å²) in [7, 11) is 1.61. The maximum atomic E-state index is 12.2. The van der Waals surface area contributed by atoms with Crippen LogP contribution in [0.2, 0.25) is 0 Å². The van der Waals surface area contributed by atoms with E-state index >= 15 is 0 Å². The molecule has 0 aliphatic carbocycles. The molecule has 1 N–H and O–H groups in total. The molecule has 1 amide bonds. The molecule has 0 spiro atoms. The lowest BCUT2D eigenvalue weighted by atomic mass is 10.1. The Morgan fingerprint density at radius 3 is 2.57 bits per heavy atom. The average Bonchev–Trinajstić information content (AvgIpc) is 3.04. The number of benzene rings is 2. The molecule has 0 saturated carbocycles. The first-order valence-corrected chi connectivity index (χ1v) is 7.19.